The standard InChI is InChI=1S/3C7H8O3S.H3P/c3*1-6-2-4-7(5-3-6)11(8,9)10;/h3*2-5H,1H3,(H,8,9,10);1H3. The summed E-state index contributed by atoms with van der Waals surface area (Å²) in [7, 11) is -12.1. The average Bonchev–Trinajstić information content (AvgIpc) is 2.68. The molecule has 0 bridgehead atoms. The fourth-order valence-corrected chi connectivity index (χ4v) is 3.57. The predicted molar refractivity (Wildman–Crippen MR) is 134 cm³/mol. The molecular weight excluding hydrogens is 523 g/mol. The third-order valence-electron chi connectivity index (χ3n) is 3.96. The molecule has 0 aliphatic heterocycles. The highest BCUT2D eigenvalue weighted by molar-refractivity contribution is 7.86. The number of hydrogen-bond acceptors (Lipinski definition) is 6. The first kappa shape index (κ1) is 31.8. The summed E-state index contributed by atoms with van der Waals surface area (Å²) in [5.41, 5.74) is 2.87. The summed E-state index contributed by atoms with van der Waals surface area (Å²) in [4.78, 5) is -0.200. The van der Waals surface area contributed by atoms with E-state index in [1.165, 1.54) is 36.4 Å². The third kappa shape index (κ3) is 11.8. The summed E-state index contributed by atoms with van der Waals surface area (Å²) in [6.07, 6.45) is 0. The van der Waals surface area contributed by atoms with Gasteiger partial charge in [0.25, 0.3) is 30.4 Å². The van der Waals surface area contributed by atoms with Gasteiger partial charge in [-0.15, -0.1) is 0 Å². The summed E-state index contributed by atoms with van der Waals surface area (Å²) < 4.78 is 88.7. The smallest absolute Gasteiger partial charge is 0.282 e. The van der Waals surface area contributed by atoms with Crippen LogP contribution in [0.4, 0.5) is 0 Å². The Hall–Kier alpha value is -2.18. The second-order valence-corrected chi connectivity index (χ2v) is 11.1. The van der Waals surface area contributed by atoms with Gasteiger partial charge in [-0.3, -0.25) is 13.7 Å². The first-order valence-corrected chi connectivity index (χ1v) is 13.4. The molecule has 3 rings (SSSR count). The van der Waals surface area contributed by atoms with E-state index in [0.29, 0.717) is 0 Å². The molecule has 3 aromatic rings. The zero-order valence-corrected chi connectivity index (χ0v) is 22.5. The molecule has 1 unspecified atom stereocenters. The van der Waals surface area contributed by atoms with Gasteiger partial charge in [-0.25, -0.2) is 0 Å². The van der Waals surface area contributed by atoms with E-state index in [2.05, 4.69) is 0 Å². The molecule has 188 valence electrons. The van der Waals surface area contributed by atoms with Crippen molar-refractivity contribution in [3.8, 4) is 0 Å². The topological polar surface area (TPSA) is 163 Å². The van der Waals surface area contributed by atoms with E-state index in [4.69, 9.17) is 13.7 Å². The van der Waals surface area contributed by atoms with Crippen molar-refractivity contribution in [3.63, 3.8) is 0 Å². The minimum atomic E-state index is -4.02. The second-order valence-electron chi connectivity index (χ2n) is 6.86. The van der Waals surface area contributed by atoms with Crippen LogP contribution < -0.4 is 0 Å². The van der Waals surface area contributed by atoms with E-state index in [0.717, 1.165) is 16.7 Å². The molecule has 0 radical (unpaired) electrons. The normalized spacial score (nSPS) is 11.1. The Morgan fingerprint density at radius 1 is 0.412 bits per heavy atom. The summed E-state index contributed by atoms with van der Waals surface area (Å²) in [5, 5.41) is 0. The maximum Gasteiger partial charge on any atom is 0.294 e. The zero-order valence-electron chi connectivity index (χ0n) is 18.7. The van der Waals surface area contributed by atoms with Crippen molar-refractivity contribution in [2.45, 2.75) is 35.5 Å². The van der Waals surface area contributed by atoms with E-state index < -0.39 is 30.4 Å². The lowest BCUT2D eigenvalue weighted by Crippen LogP contribution is -1.96. The Morgan fingerprint density at radius 3 is 0.676 bits per heavy atom. The van der Waals surface area contributed by atoms with Crippen molar-refractivity contribution in [1.82, 2.24) is 0 Å². The fourth-order valence-electron chi connectivity index (χ4n) is 2.13. The van der Waals surface area contributed by atoms with E-state index in [9.17, 15) is 25.3 Å². The van der Waals surface area contributed by atoms with Gasteiger partial charge in [-0.1, -0.05) is 53.1 Å². The zero-order chi connectivity index (χ0) is 25.4. The third-order valence-corrected chi connectivity index (χ3v) is 6.56. The van der Waals surface area contributed by atoms with E-state index in [1.807, 2.05) is 20.8 Å². The molecule has 0 heterocycles. The molecule has 0 fully saturated rings. The first-order valence-electron chi connectivity index (χ1n) is 9.12. The number of benzene rings is 3. The first-order chi connectivity index (χ1) is 15.0. The largest absolute Gasteiger partial charge is 0.294 e. The van der Waals surface area contributed by atoms with Crippen LogP contribution in [0, 0.1) is 20.8 Å². The van der Waals surface area contributed by atoms with Gasteiger partial charge in [0.15, 0.2) is 0 Å². The van der Waals surface area contributed by atoms with Crippen LogP contribution in [0.25, 0.3) is 0 Å². The lowest BCUT2D eigenvalue weighted by atomic mass is 10.2. The van der Waals surface area contributed by atoms with Crippen LogP contribution >= 0.6 is 9.90 Å². The highest BCUT2D eigenvalue weighted by Crippen LogP contribution is 2.10. The molecule has 0 aliphatic rings. The van der Waals surface area contributed by atoms with Gasteiger partial charge in [0.2, 0.25) is 0 Å². The molecule has 0 spiro atoms. The molecule has 3 aromatic carbocycles. The Labute approximate surface area is 203 Å². The van der Waals surface area contributed by atoms with Gasteiger partial charge >= 0.3 is 0 Å². The summed E-state index contributed by atoms with van der Waals surface area (Å²) >= 11 is 0. The molecular formula is C21H27O9PS3. The maximum absolute atomic E-state index is 10.5. The van der Waals surface area contributed by atoms with Crippen LogP contribution in [0.15, 0.2) is 87.5 Å². The molecule has 13 heteroatoms. The van der Waals surface area contributed by atoms with Crippen molar-refractivity contribution in [1.29, 1.82) is 0 Å². The molecule has 0 aliphatic carbocycles. The molecule has 0 saturated carbocycles. The van der Waals surface area contributed by atoms with Crippen LogP contribution in [-0.4, -0.2) is 38.9 Å². The predicted octanol–water partition coefficient (Wildman–Crippen LogP) is 3.78. The minimum Gasteiger partial charge on any atom is -0.282 e. The van der Waals surface area contributed by atoms with Crippen LogP contribution in [0.5, 0.6) is 0 Å². The lowest BCUT2D eigenvalue weighted by Gasteiger charge is -1.95. The van der Waals surface area contributed by atoms with Crippen LogP contribution in [-0.2, 0) is 30.4 Å². The van der Waals surface area contributed by atoms with Crippen LogP contribution in [0.3, 0.4) is 0 Å². The summed E-state index contributed by atoms with van der Waals surface area (Å²) in [5.74, 6) is 0. The van der Waals surface area contributed by atoms with Crippen molar-refractivity contribution in [2.75, 3.05) is 0 Å². The highest BCUT2D eigenvalue weighted by Gasteiger charge is 2.08. The van der Waals surface area contributed by atoms with E-state index >= 15 is 0 Å². The van der Waals surface area contributed by atoms with Gasteiger partial charge in [0.1, 0.15) is 0 Å². The van der Waals surface area contributed by atoms with Crippen LogP contribution in [0.1, 0.15) is 16.7 Å². The molecule has 0 saturated heterocycles. The molecule has 3 N–H and O–H groups in total. The Kier molecular flexibility index (Phi) is 12.2. The van der Waals surface area contributed by atoms with Gasteiger partial charge in [0.05, 0.1) is 14.7 Å². The van der Waals surface area contributed by atoms with Gasteiger partial charge < -0.3 is 0 Å². The Bertz CT molecular complexity index is 1190. The van der Waals surface area contributed by atoms with Crippen molar-refractivity contribution in [3.05, 3.63) is 89.5 Å². The monoisotopic (exact) mass is 550 g/mol. The summed E-state index contributed by atoms with van der Waals surface area (Å²) in [6.45, 7) is 5.52. The Balaban J connectivity index is 0.000000473. The molecule has 9 nitrogen and oxygen atoms in total. The number of hydrogen-bond donors (Lipinski definition) is 3. The molecule has 0 aromatic heterocycles. The second kappa shape index (κ2) is 13.1. The lowest BCUT2D eigenvalue weighted by molar-refractivity contribution is 0.481. The van der Waals surface area contributed by atoms with Gasteiger partial charge in [0, 0.05) is 0 Å². The van der Waals surface area contributed by atoms with Crippen LogP contribution in [0.2, 0.25) is 0 Å². The van der Waals surface area contributed by atoms with Crippen molar-refractivity contribution < 1.29 is 38.9 Å². The molecule has 0 amide bonds. The van der Waals surface area contributed by atoms with Crippen molar-refractivity contribution >= 4 is 40.3 Å². The fraction of sp³-hybridized carbons (Fsp3) is 0.143. The molecule has 34 heavy (non-hydrogen) atoms. The molecule has 1 atom stereocenters. The van der Waals surface area contributed by atoms with E-state index in [1.54, 1.807) is 36.4 Å². The average molecular weight is 551 g/mol. The number of aryl methyl sites for hydroxylation is 3. The van der Waals surface area contributed by atoms with Crippen molar-refractivity contribution in [2.24, 2.45) is 0 Å². The quantitative estimate of drug-likeness (QED) is 0.325. The summed E-state index contributed by atoms with van der Waals surface area (Å²) in [6, 6.07) is 18.0. The maximum atomic E-state index is 10.5. The highest BCUT2D eigenvalue weighted by atomic mass is 32.2. The van der Waals surface area contributed by atoms with Gasteiger partial charge in [-0.2, -0.15) is 35.2 Å². The number of rotatable bonds is 3. The Morgan fingerprint density at radius 2 is 0.559 bits per heavy atom. The minimum absolute atomic E-state index is 0. The van der Waals surface area contributed by atoms with E-state index in [-0.39, 0.29) is 24.6 Å². The SMILES string of the molecule is Cc1ccc(S(=O)(=O)O)cc1.Cc1ccc(S(=O)(=O)O)cc1.Cc1ccc(S(=O)(=O)O)cc1.P. The van der Waals surface area contributed by atoms with Gasteiger partial charge in [-0.05, 0) is 57.2 Å².